The molecule has 1 aromatic carbocycles. The third kappa shape index (κ3) is 5.21. The Bertz CT molecular complexity index is 367. The lowest BCUT2D eigenvalue weighted by atomic mass is 9.81. The van der Waals surface area contributed by atoms with E-state index in [1.54, 1.807) is 19.2 Å². The third-order valence-corrected chi connectivity index (χ3v) is 4.35. The van der Waals surface area contributed by atoms with Crippen molar-refractivity contribution in [1.29, 1.82) is 0 Å². The normalized spacial score (nSPS) is 11.8. The van der Waals surface area contributed by atoms with Gasteiger partial charge in [0.05, 0.1) is 0 Å². The van der Waals surface area contributed by atoms with Gasteiger partial charge in [-0.3, -0.25) is 0 Å². The Morgan fingerprint density at radius 1 is 1.05 bits per heavy atom. The highest BCUT2D eigenvalue weighted by atomic mass is 35.5. The van der Waals surface area contributed by atoms with Crippen molar-refractivity contribution in [1.82, 2.24) is 0 Å². The van der Waals surface area contributed by atoms with Crippen LogP contribution >= 0.6 is 23.2 Å². The molecule has 0 N–H and O–H groups in total. The Kier molecular flexibility index (Phi) is 8.46. The molecule has 0 radical (unpaired) electrons. The van der Waals surface area contributed by atoms with Crippen molar-refractivity contribution >= 4 is 23.2 Å². The van der Waals surface area contributed by atoms with Crippen molar-refractivity contribution in [3.8, 4) is 0 Å². The lowest BCUT2D eigenvalue weighted by Gasteiger charge is -2.30. The summed E-state index contributed by atoms with van der Waals surface area (Å²) in [5.74, 6) is 0.496. The fourth-order valence-corrected chi connectivity index (χ4v) is 2.81. The maximum atomic E-state index is 13.0. The summed E-state index contributed by atoms with van der Waals surface area (Å²) in [6.45, 7) is 1.91. The van der Waals surface area contributed by atoms with Crippen LogP contribution in [0.3, 0.4) is 0 Å². The molecule has 0 amide bonds. The molecule has 0 saturated carbocycles. The first-order valence-electron chi connectivity index (χ1n) is 6.63. The van der Waals surface area contributed by atoms with Crippen LogP contribution < -0.4 is 0 Å². The molecule has 0 aliphatic heterocycles. The quantitative estimate of drug-likeness (QED) is 0.479. The Morgan fingerprint density at radius 3 is 2.25 bits per heavy atom. The Hall–Kier alpha value is -0.350. The van der Waals surface area contributed by atoms with Gasteiger partial charge in [0.25, 0.3) is 0 Å². The summed E-state index contributed by atoms with van der Waals surface area (Å²) in [5.41, 5.74) is 0.572. The topological polar surface area (TPSA) is 18.5 Å². The van der Waals surface area contributed by atoms with E-state index in [9.17, 15) is 4.39 Å². The molecule has 2 nitrogen and oxygen atoms in total. The number of benzene rings is 1. The van der Waals surface area contributed by atoms with Crippen molar-refractivity contribution in [2.24, 2.45) is 0 Å². The summed E-state index contributed by atoms with van der Waals surface area (Å²) in [6.07, 6.45) is 1.57. The molecular weight excluding hydrogens is 302 g/mol. The second-order valence-corrected chi connectivity index (χ2v) is 5.30. The summed E-state index contributed by atoms with van der Waals surface area (Å²) in [5, 5.41) is 0. The van der Waals surface area contributed by atoms with Crippen LogP contribution in [0.1, 0.15) is 18.4 Å². The minimum atomic E-state index is -0.377. The van der Waals surface area contributed by atoms with E-state index < -0.39 is 0 Å². The molecule has 0 aromatic heterocycles. The molecule has 0 fully saturated rings. The largest absolute Gasteiger partial charge is 0.385 e. The monoisotopic (exact) mass is 322 g/mol. The van der Waals surface area contributed by atoms with Gasteiger partial charge in [0.1, 0.15) is 5.82 Å². The highest BCUT2D eigenvalue weighted by Crippen LogP contribution is 2.31. The summed E-state index contributed by atoms with van der Waals surface area (Å²) in [6, 6.07) is 6.35. The lowest BCUT2D eigenvalue weighted by molar-refractivity contribution is 0.0931. The summed E-state index contributed by atoms with van der Waals surface area (Å²) < 4.78 is 23.5. The van der Waals surface area contributed by atoms with Crippen LogP contribution in [0.25, 0.3) is 0 Å². The van der Waals surface area contributed by atoms with E-state index in [-0.39, 0.29) is 11.2 Å². The predicted octanol–water partition coefficient (Wildman–Crippen LogP) is 3.98. The fraction of sp³-hybridized carbons (Fsp3) is 0.600. The molecule has 0 heterocycles. The summed E-state index contributed by atoms with van der Waals surface area (Å²) in [7, 11) is 1.67. The third-order valence-electron chi connectivity index (χ3n) is 3.33. The molecule has 20 heavy (non-hydrogen) atoms. The Morgan fingerprint density at radius 2 is 1.70 bits per heavy atom. The highest BCUT2D eigenvalue weighted by Gasteiger charge is 2.30. The van der Waals surface area contributed by atoms with Gasteiger partial charge in [-0.2, -0.15) is 0 Å². The molecule has 1 rings (SSSR count). The minimum Gasteiger partial charge on any atom is -0.385 e. The number of halogens is 3. The SMILES string of the molecule is COCCCOCCC(CCl)(CCl)c1ccc(F)cc1. The van der Waals surface area contributed by atoms with Gasteiger partial charge in [-0.25, -0.2) is 4.39 Å². The second-order valence-electron chi connectivity index (χ2n) is 4.76. The molecular formula is C15H21Cl2FO2. The first-order valence-corrected chi connectivity index (χ1v) is 7.70. The number of rotatable bonds is 10. The van der Waals surface area contributed by atoms with Crippen LogP contribution in [0.4, 0.5) is 4.39 Å². The molecule has 0 bridgehead atoms. The molecule has 0 saturated heterocycles. The van der Waals surface area contributed by atoms with Crippen LogP contribution in [0.15, 0.2) is 24.3 Å². The van der Waals surface area contributed by atoms with Crippen LogP contribution in [-0.4, -0.2) is 38.7 Å². The van der Waals surface area contributed by atoms with Gasteiger partial charge < -0.3 is 9.47 Å². The average molecular weight is 323 g/mol. The van der Waals surface area contributed by atoms with E-state index in [0.717, 1.165) is 12.0 Å². The molecule has 0 aliphatic rings. The predicted molar refractivity (Wildman–Crippen MR) is 81.4 cm³/mol. The van der Waals surface area contributed by atoms with Crippen molar-refractivity contribution in [2.75, 3.05) is 38.7 Å². The molecule has 0 atom stereocenters. The molecule has 0 aliphatic carbocycles. The number of ether oxygens (including phenoxy) is 2. The number of methoxy groups -OCH3 is 1. The Balaban J connectivity index is 2.56. The van der Waals surface area contributed by atoms with Crippen LogP contribution in [0, 0.1) is 5.82 Å². The van der Waals surface area contributed by atoms with E-state index in [1.807, 2.05) is 0 Å². The molecule has 0 unspecified atom stereocenters. The maximum Gasteiger partial charge on any atom is 0.123 e. The standard InChI is InChI=1S/C15H21Cl2FO2/c1-19-8-2-9-20-10-7-15(11-16,12-17)13-3-5-14(18)6-4-13/h3-6H,2,7-12H2,1H3. The van der Waals surface area contributed by atoms with Crippen molar-refractivity contribution in [2.45, 2.75) is 18.3 Å². The van der Waals surface area contributed by atoms with Gasteiger partial charge in [0, 0.05) is 44.1 Å². The zero-order valence-corrected chi connectivity index (χ0v) is 13.2. The van der Waals surface area contributed by atoms with E-state index in [4.69, 9.17) is 32.7 Å². The zero-order chi connectivity index (χ0) is 14.8. The van der Waals surface area contributed by atoms with Gasteiger partial charge in [-0.05, 0) is 30.5 Å². The first-order chi connectivity index (χ1) is 9.68. The number of hydrogen-bond acceptors (Lipinski definition) is 2. The molecule has 5 heteroatoms. The van der Waals surface area contributed by atoms with E-state index in [1.165, 1.54) is 12.1 Å². The average Bonchev–Trinajstić information content (AvgIpc) is 2.48. The first kappa shape index (κ1) is 17.7. The molecule has 1 aromatic rings. The summed E-state index contributed by atoms with van der Waals surface area (Å²) >= 11 is 12.2. The van der Waals surface area contributed by atoms with Crippen LogP contribution in [-0.2, 0) is 14.9 Å². The van der Waals surface area contributed by atoms with Crippen LogP contribution in [0.2, 0.25) is 0 Å². The van der Waals surface area contributed by atoms with Crippen LogP contribution in [0.5, 0.6) is 0 Å². The number of hydrogen-bond donors (Lipinski definition) is 0. The highest BCUT2D eigenvalue weighted by molar-refractivity contribution is 6.22. The van der Waals surface area contributed by atoms with E-state index in [0.29, 0.717) is 38.0 Å². The van der Waals surface area contributed by atoms with Crippen molar-refractivity contribution in [3.05, 3.63) is 35.6 Å². The molecule has 114 valence electrons. The van der Waals surface area contributed by atoms with Gasteiger partial charge >= 0.3 is 0 Å². The Labute approximate surface area is 130 Å². The van der Waals surface area contributed by atoms with Gasteiger partial charge in [0.2, 0.25) is 0 Å². The van der Waals surface area contributed by atoms with Crippen molar-refractivity contribution in [3.63, 3.8) is 0 Å². The van der Waals surface area contributed by atoms with E-state index >= 15 is 0 Å². The smallest absolute Gasteiger partial charge is 0.123 e. The van der Waals surface area contributed by atoms with Gasteiger partial charge in [-0.15, -0.1) is 23.2 Å². The zero-order valence-electron chi connectivity index (χ0n) is 11.7. The summed E-state index contributed by atoms with van der Waals surface area (Å²) in [4.78, 5) is 0. The van der Waals surface area contributed by atoms with Gasteiger partial charge in [0.15, 0.2) is 0 Å². The van der Waals surface area contributed by atoms with Crippen molar-refractivity contribution < 1.29 is 13.9 Å². The minimum absolute atomic E-state index is 0.261. The maximum absolute atomic E-state index is 13.0. The number of alkyl halides is 2. The van der Waals surface area contributed by atoms with Gasteiger partial charge in [-0.1, -0.05) is 12.1 Å². The fourth-order valence-electron chi connectivity index (χ4n) is 1.95. The lowest BCUT2D eigenvalue weighted by Crippen LogP contribution is -2.32. The molecule has 0 spiro atoms. The van der Waals surface area contributed by atoms with E-state index in [2.05, 4.69) is 0 Å². The second kappa shape index (κ2) is 9.56.